The minimum atomic E-state index is -0.203. The number of carbonyl (C=O) groups is 1. The van der Waals surface area contributed by atoms with E-state index in [2.05, 4.69) is 6.58 Å². The van der Waals surface area contributed by atoms with Crippen molar-refractivity contribution in [2.75, 3.05) is 0 Å². The second kappa shape index (κ2) is 6.36. The molecule has 0 heterocycles. The van der Waals surface area contributed by atoms with Crippen LogP contribution in [0.2, 0.25) is 5.02 Å². The zero-order chi connectivity index (χ0) is 15.2. The summed E-state index contributed by atoms with van der Waals surface area (Å²) in [6.45, 7) is 3.57. The van der Waals surface area contributed by atoms with Gasteiger partial charge in [0, 0.05) is 12.0 Å². The average molecular weight is 284 g/mol. The van der Waals surface area contributed by atoms with Crippen LogP contribution in [0.5, 0.6) is 0 Å². The van der Waals surface area contributed by atoms with E-state index in [-0.39, 0.29) is 18.3 Å². The lowest BCUT2D eigenvalue weighted by Gasteiger charge is -2.07. The summed E-state index contributed by atoms with van der Waals surface area (Å²) in [7, 11) is 0. The number of ketones is 1. The molecular weight excluding hydrogens is 268 g/mol. The number of Topliss-reactive ketones (excluding diaryl/α,β-unsaturated/α-hetero) is 1. The highest BCUT2D eigenvalue weighted by atomic mass is 35.5. The van der Waals surface area contributed by atoms with Crippen molar-refractivity contribution in [3.63, 3.8) is 0 Å². The molecule has 0 spiro atoms. The number of hydrogen-bond donors (Lipinski definition) is 0. The van der Waals surface area contributed by atoms with Gasteiger partial charge in [0.15, 0.2) is 5.78 Å². The van der Waals surface area contributed by atoms with Crippen LogP contribution in [-0.4, -0.2) is 5.78 Å². The molecule has 20 heavy (non-hydrogen) atoms. The molecule has 0 saturated heterocycles. The van der Waals surface area contributed by atoms with Crippen molar-refractivity contribution >= 4 is 29.0 Å². The Morgan fingerprint density at radius 1 is 1.15 bits per heavy atom. The highest BCUT2D eigenvalue weighted by Crippen LogP contribution is 2.22. The van der Waals surface area contributed by atoms with Crippen LogP contribution in [-0.2, 0) is 4.79 Å². The van der Waals surface area contributed by atoms with Crippen LogP contribution in [0.25, 0.3) is 11.6 Å². The van der Waals surface area contributed by atoms with Gasteiger partial charge in [0.05, 0.1) is 0 Å². The minimum Gasteiger partial charge on any atom is -0.289 e. The van der Waals surface area contributed by atoms with E-state index in [4.69, 9.17) is 13.0 Å². The summed E-state index contributed by atoms with van der Waals surface area (Å²) in [4.78, 5) is 12.4. The number of hydrogen-bond acceptors (Lipinski definition) is 1. The summed E-state index contributed by atoms with van der Waals surface area (Å²) in [5, 5.41) is 0.648. The molecule has 1 nitrogen and oxygen atoms in total. The third-order valence-electron chi connectivity index (χ3n) is 2.83. The summed E-state index contributed by atoms with van der Waals surface area (Å²) in [6, 6.07) is 16.6. The second-order valence-corrected chi connectivity index (χ2v) is 4.84. The van der Waals surface area contributed by atoms with E-state index in [9.17, 15) is 4.79 Å². The molecule has 0 fully saturated rings. The molecule has 2 aromatic carbocycles. The van der Waals surface area contributed by atoms with E-state index in [0.717, 1.165) is 11.1 Å². The first-order valence-electron chi connectivity index (χ1n) is 6.87. The van der Waals surface area contributed by atoms with Crippen LogP contribution in [0.3, 0.4) is 0 Å². The Bertz CT molecular complexity index is 672. The van der Waals surface area contributed by atoms with Gasteiger partial charge in [-0.05, 0) is 41.8 Å². The van der Waals surface area contributed by atoms with Crippen molar-refractivity contribution in [2.45, 2.75) is 6.90 Å². The summed E-state index contributed by atoms with van der Waals surface area (Å²) < 4.78 is 7.34. The largest absolute Gasteiger partial charge is 0.289 e. The maximum Gasteiger partial charge on any atom is 0.188 e. The zero-order valence-electron chi connectivity index (χ0n) is 12.0. The molecule has 2 rings (SSSR count). The molecule has 0 aliphatic heterocycles. The Morgan fingerprint density at radius 2 is 1.80 bits per heavy atom. The molecule has 2 aromatic rings. The Morgan fingerprint density at radius 3 is 2.40 bits per heavy atom. The van der Waals surface area contributed by atoms with E-state index in [1.165, 1.54) is 0 Å². The summed E-state index contributed by atoms with van der Waals surface area (Å²) in [5.41, 5.74) is 2.51. The Labute approximate surface area is 125 Å². The number of carbonyl (C=O) groups excluding carboxylic acids is 1. The number of halogens is 1. The first kappa shape index (κ1) is 12.9. The lowest BCUT2D eigenvalue weighted by atomic mass is 9.96. The van der Waals surface area contributed by atoms with Gasteiger partial charge in [-0.25, -0.2) is 0 Å². The molecule has 0 atom stereocenters. The second-order valence-electron chi connectivity index (χ2n) is 4.41. The van der Waals surface area contributed by atoms with Crippen molar-refractivity contribution in [1.82, 2.24) is 0 Å². The smallest absolute Gasteiger partial charge is 0.188 e. The van der Waals surface area contributed by atoms with Crippen molar-refractivity contribution < 1.29 is 6.17 Å². The Balaban J connectivity index is 2.48. The van der Waals surface area contributed by atoms with E-state index < -0.39 is 0 Å². The fraction of sp³-hybridized carbons (Fsp3) is 0.0556. The molecule has 0 amide bonds. The van der Waals surface area contributed by atoms with Crippen LogP contribution >= 0.6 is 11.6 Å². The molecule has 0 aliphatic rings. The normalized spacial score (nSPS) is 11.8. The fourth-order valence-corrected chi connectivity index (χ4v) is 1.94. The van der Waals surface area contributed by atoms with Crippen molar-refractivity contribution in [2.24, 2.45) is 0 Å². The van der Waals surface area contributed by atoms with Crippen molar-refractivity contribution in [3.05, 3.63) is 82.9 Å². The Hall–Kier alpha value is -2.12. The third-order valence-corrected chi connectivity index (χ3v) is 3.08. The van der Waals surface area contributed by atoms with E-state index in [0.29, 0.717) is 10.6 Å². The number of rotatable bonds is 4. The quantitative estimate of drug-likeness (QED) is 0.568. The summed E-state index contributed by atoms with van der Waals surface area (Å²) in [5.74, 6) is -0.203. The molecular formula is C18H15ClO. The maximum absolute atomic E-state index is 12.4. The van der Waals surface area contributed by atoms with Crippen LogP contribution in [0.15, 0.2) is 66.7 Å². The molecule has 0 aromatic heterocycles. The molecule has 0 radical (unpaired) electrons. The van der Waals surface area contributed by atoms with Gasteiger partial charge in [-0.3, -0.25) is 4.79 Å². The van der Waals surface area contributed by atoms with E-state index in [1.807, 2.05) is 42.5 Å². The Kier molecular flexibility index (Phi) is 4.10. The molecule has 100 valence electrons. The highest BCUT2D eigenvalue weighted by Gasteiger charge is 2.12. The third kappa shape index (κ3) is 3.46. The van der Waals surface area contributed by atoms with Gasteiger partial charge in [0.25, 0.3) is 0 Å². The number of benzene rings is 2. The maximum atomic E-state index is 12.4. The first-order chi connectivity index (χ1) is 10.1. The molecule has 0 unspecified atom stereocenters. The van der Waals surface area contributed by atoms with Gasteiger partial charge in [-0.1, -0.05) is 60.6 Å². The minimum absolute atomic E-state index is 0.108. The zero-order valence-corrected chi connectivity index (χ0v) is 11.7. The van der Waals surface area contributed by atoms with Crippen LogP contribution in [0.4, 0.5) is 0 Å². The molecule has 0 bridgehead atoms. The van der Waals surface area contributed by atoms with Gasteiger partial charge in [0.1, 0.15) is 0 Å². The average Bonchev–Trinajstić information content (AvgIpc) is 2.53. The SMILES string of the molecule is [2H]CC(=C)C(=O)/C(=C\c1ccc(Cl)cc1)c1ccccc1. The van der Waals surface area contributed by atoms with Crippen LogP contribution < -0.4 is 0 Å². The van der Waals surface area contributed by atoms with Crippen molar-refractivity contribution in [3.8, 4) is 0 Å². The fourth-order valence-electron chi connectivity index (χ4n) is 1.81. The predicted molar refractivity (Wildman–Crippen MR) is 85.6 cm³/mol. The monoisotopic (exact) mass is 283 g/mol. The molecule has 0 N–H and O–H groups in total. The topological polar surface area (TPSA) is 17.1 Å². The molecule has 0 saturated carbocycles. The predicted octanol–water partition coefficient (Wildman–Crippen LogP) is 5.03. The van der Waals surface area contributed by atoms with Gasteiger partial charge in [-0.2, -0.15) is 0 Å². The van der Waals surface area contributed by atoms with E-state index in [1.54, 1.807) is 18.2 Å². The standard InChI is InChI=1S/C18H15ClO/c1-13(2)18(20)17(15-6-4-3-5-7-15)12-14-8-10-16(19)11-9-14/h3-12H,1H2,2H3/b17-12-/i2D. The van der Waals surface area contributed by atoms with Crippen molar-refractivity contribution in [1.29, 1.82) is 0 Å². The lowest BCUT2D eigenvalue weighted by molar-refractivity contribution is -0.110. The first-order valence-corrected chi connectivity index (χ1v) is 6.54. The lowest BCUT2D eigenvalue weighted by Crippen LogP contribution is -2.02. The highest BCUT2D eigenvalue weighted by molar-refractivity contribution is 6.32. The summed E-state index contributed by atoms with van der Waals surface area (Å²) in [6.07, 6.45) is 1.80. The van der Waals surface area contributed by atoms with Gasteiger partial charge >= 0.3 is 0 Å². The summed E-state index contributed by atoms with van der Waals surface area (Å²) >= 11 is 5.87. The van der Waals surface area contributed by atoms with Crippen LogP contribution in [0.1, 0.15) is 19.4 Å². The van der Waals surface area contributed by atoms with Gasteiger partial charge in [0.2, 0.25) is 0 Å². The van der Waals surface area contributed by atoms with Gasteiger partial charge < -0.3 is 0 Å². The van der Waals surface area contributed by atoms with Gasteiger partial charge in [-0.15, -0.1) is 0 Å². The number of allylic oxidation sites excluding steroid dienone is 2. The molecule has 0 aliphatic carbocycles. The van der Waals surface area contributed by atoms with E-state index >= 15 is 0 Å². The van der Waals surface area contributed by atoms with Crippen LogP contribution in [0, 0.1) is 0 Å². The molecule has 2 heteroatoms.